The third-order valence-corrected chi connectivity index (χ3v) is 5.28. The van der Waals surface area contributed by atoms with Gasteiger partial charge in [0.05, 0.1) is 11.3 Å². The number of hydrogen-bond donors (Lipinski definition) is 0. The molecule has 0 unspecified atom stereocenters. The van der Waals surface area contributed by atoms with E-state index in [4.69, 9.17) is 11.6 Å². The molecule has 2 aliphatic heterocycles. The van der Waals surface area contributed by atoms with Crippen LogP contribution >= 0.6 is 11.6 Å². The predicted octanol–water partition coefficient (Wildman–Crippen LogP) is 4.39. The number of imide groups is 1. The summed E-state index contributed by atoms with van der Waals surface area (Å²) in [5.74, 6) is -3.23. The molecule has 1 saturated heterocycles. The Morgan fingerprint density at radius 3 is 2.14 bits per heavy atom. The van der Waals surface area contributed by atoms with Gasteiger partial charge in [-0.25, -0.2) is 13.7 Å². The Balaban J connectivity index is 1.82. The standard InChI is InChI=1S/C21H17ClF2N2O2/c22-14-6-4-13(5-7-14)18-19(25-10-2-1-3-11-25)21(28)26(20(18)27)15-8-9-16(23)17(24)12-15/h4-9,12H,1-3,10-11H2. The van der Waals surface area contributed by atoms with E-state index in [1.165, 1.54) is 6.07 Å². The van der Waals surface area contributed by atoms with Crippen molar-refractivity contribution < 1.29 is 18.4 Å². The van der Waals surface area contributed by atoms with Gasteiger partial charge in [0.2, 0.25) is 0 Å². The van der Waals surface area contributed by atoms with Gasteiger partial charge in [0, 0.05) is 24.2 Å². The first-order chi connectivity index (χ1) is 13.5. The van der Waals surface area contributed by atoms with E-state index in [1.54, 1.807) is 24.3 Å². The Bertz CT molecular complexity index is 982. The van der Waals surface area contributed by atoms with Crippen molar-refractivity contribution in [3.8, 4) is 0 Å². The zero-order valence-corrected chi connectivity index (χ0v) is 15.7. The average Bonchev–Trinajstić information content (AvgIpc) is 2.96. The Morgan fingerprint density at radius 1 is 0.821 bits per heavy atom. The second-order valence-electron chi connectivity index (χ2n) is 6.82. The summed E-state index contributed by atoms with van der Waals surface area (Å²) in [6.07, 6.45) is 2.91. The number of halogens is 3. The lowest BCUT2D eigenvalue weighted by molar-refractivity contribution is -0.120. The van der Waals surface area contributed by atoms with E-state index in [0.29, 0.717) is 29.4 Å². The molecule has 0 spiro atoms. The second-order valence-corrected chi connectivity index (χ2v) is 7.26. The first-order valence-electron chi connectivity index (χ1n) is 9.06. The van der Waals surface area contributed by atoms with Crippen LogP contribution in [0.2, 0.25) is 5.02 Å². The maximum Gasteiger partial charge on any atom is 0.282 e. The SMILES string of the molecule is O=C1C(c2ccc(Cl)cc2)=C(N2CCCCC2)C(=O)N1c1ccc(F)c(F)c1. The van der Waals surface area contributed by atoms with Crippen LogP contribution in [0.3, 0.4) is 0 Å². The van der Waals surface area contributed by atoms with E-state index in [1.807, 2.05) is 4.90 Å². The summed E-state index contributed by atoms with van der Waals surface area (Å²) in [5.41, 5.74) is 1.13. The molecule has 0 N–H and O–H groups in total. The molecule has 4 rings (SSSR count). The monoisotopic (exact) mass is 402 g/mol. The highest BCUT2D eigenvalue weighted by Gasteiger charge is 2.42. The topological polar surface area (TPSA) is 40.6 Å². The molecule has 2 aromatic rings. The van der Waals surface area contributed by atoms with E-state index >= 15 is 0 Å². The van der Waals surface area contributed by atoms with Crippen LogP contribution < -0.4 is 4.90 Å². The summed E-state index contributed by atoms with van der Waals surface area (Å²) >= 11 is 5.96. The van der Waals surface area contributed by atoms with Gasteiger partial charge < -0.3 is 4.90 Å². The molecule has 2 aliphatic rings. The number of nitrogens with zero attached hydrogens (tertiary/aromatic N) is 2. The van der Waals surface area contributed by atoms with Crippen molar-refractivity contribution in [2.75, 3.05) is 18.0 Å². The van der Waals surface area contributed by atoms with Gasteiger partial charge in [0.1, 0.15) is 5.70 Å². The molecule has 2 aromatic carbocycles. The number of anilines is 1. The molecule has 28 heavy (non-hydrogen) atoms. The number of amides is 2. The highest BCUT2D eigenvalue weighted by atomic mass is 35.5. The Kier molecular flexibility index (Phi) is 4.89. The van der Waals surface area contributed by atoms with E-state index in [9.17, 15) is 18.4 Å². The molecule has 0 radical (unpaired) electrons. The minimum Gasteiger partial charge on any atom is -0.366 e. The molecule has 1 fully saturated rings. The number of hydrogen-bond acceptors (Lipinski definition) is 3. The minimum absolute atomic E-state index is 0.00683. The highest BCUT2D eigenvalue weighted by Crippen LogP contribution is 2.36. The summed E-state index contributed by atoms with van der Waals surface area (Å²) in [6, 6.07) is 9.66. The first kappa shape index (κ1) is 18.6. The van der Waals surface area contributed by atoms with Crippen LogP contribution in [0.15, 0.2) is 48.2 Å². The fourth-order valence-corrected chi connectivity index (χ4v) is 3.79. The summed E-state index contributed by atoms with van der Waals surface area (Å²) in [5, 5.41) is 0.512. The van der Waals surface area contributed by atoms with E-state index in [2.05, 4.69) is 0 Å². The van der Waals surface area contributed by atoms with Crippen molar-refractivity contribution in [3.05, 3.63) is 70.4 Å². The maximum absolute atomic E-state index is 13.7. The molecular weight excluding hydrogens is 386 g/mol. The van der Waals surface area contributed by atoms with Crippen molar-refractivity contribution in [2.45, 2.75) is 19.3 Å². The van der Waals surface area contributed by atoms with Crippen LogP contribution in [-0.4, -0.2) is 29.8 Å². The van der Waals surface area contributed by atoms with Gasteiger partial charge in [-0.05, 0) is 49.1 Å². The molecule has 0 saturated carbocycles. The molecule has 0 atom stereocenters. The summed E-state index contributed by atoms with van der Waals surface area (Å²) in [6.45, 7) is 1.33. The molecule has 2 amide bonds. The normalized spacial score (nSPS) is 17.7. The quantitative estimate of drug-likeness (QED) is 0.715. The van der Waals surface area contributed by atoms with Crippen molar-refractivity contribution in [1.29, 1.82) is 0 Å². The number of piperidine rings is 1. The summed E-state index contributed by atoms with van der Waals surface area (Å²) < 4.78 is 27.1. The van der Waals surface area contributed by atoms with E-state index < -0.39 is 23.4 Å². The number of carbonyl (C=O) groups is 2. The van der Waals surface area contributed by atoms with Crippen LogP contribution in [0.25, 0.3) is 5.57 Å². The van der Waals surface area contributed by atoms with Crippen LogP contribution in [0, 0.1) is 11.6 Å². The third-order valence-electron chi connectivity index (χ3n) is 5.03. The van der Waals surface area contributed by atoms with Gasteiger partial charge in [0.25, 0.3) is 11.8 Å². The van der Waals surface area contributed by atoms with E-state index in [-0.39, 0.29) is 11.3 Å². The van der Waals surface area contributed by atoms with Gasteiger partial charge in [0.15, 0.2) is 11.6 Å². The average molecular weight is 403 g/mol. The number of carbonyl (C=O) groups excluding carboxylic acids is 2. The zero-order chi connectivity index (χ0) is 19.8. The lowest BCUT2D eigenvalue weighted by atomic mass is 10.0. The van der Waals surface area contributed by atoms with Crippen molar-refractivity contribution >= 4 is 34.7 Å². The second kappa shape index (κ2) is 7.36. The maximum atomic E-state index is 13.7. The van der Waals surface area contributed by atoms with Gasteiger partial charge >= 0.3 is 0 Å². The van der Waals surface area contributed by atoms with Crippen LogP contribution in [0.4, 0.5) is 14.5 Å². The number of likely N-dealkylation sites (tertiary alicyclic amines) is 1. The minimum atomic E-state index is -1.11. The molecule has 0 bridgehead atoms. The van der Waals surface area contributed by atoms with Crippen molar-refractivity contribution in [1.82, 2.24) is 4.90 Å². The molecule has 0 aliphatic carbocycles. The first-order valence-corrected chi connectivity index (χ1v) is 9.44. The number of benzene rings is 2. The van der Waals surface area contributed by atoms with Gasteiger partial charge in [-0.1, -0.05) is 23.7 Å². The zero-order valence-electron chi connectivity index (χ0n) is 14.9. The Morgan fingerprint density at radius 2 is 1.50 bits per heavy atom. The third kappa shape index (κ3) is 3.18. The largest absolute Gasteiger partial charge is 0.366 e. The summed E-state index contributed by atoms with van der Waals surface area (Å²) in [4.78, 5) is 29.3. The Hall–Kier alpha value is -2.73. The van der Waals surface area contributed by atoms with E-state index in [0.717, 1.165) is 36.3 Å². The molecule has 2 heterocycles. The van der Waals surface area contributed by atoms with Gasteiger partial charge in [-0.15, -0.1) is 0 Å². The molecule has 7 heteroatoms. The fraction of sp³-hybridized carbons (Fsp3) is 0.238. The van der Waals surface area contributed by atoms with Crippen molar-refractivity contribution in [2.24, 2.45) is 0 Å². The fourth-order valence-electron chi connectivity index (χ4n) is 3.66. The van der Waals surface area contributed by atoms with Crippen LogP contribution in [0.5, 0.6) is 0 Å². The lowest BCUT2D eigenvalue weighted by Gasteiger charge is -2.29. The van der Waals surface area contributed by atoms with Crippen molar-refractivity contribution in [3.63, 3.8) is 0 Å². The van der Waals surface area contributed by atoms with Gasteiger partial charge in [-0.3, -0.25) is 9.59 Å². The molecule has 4 nitrogen and oxygen atoms in total. The highest BCUT2D eigenvalue weighted by molar-refractivity contribution is 6.45. The number of rotatable bonds is 3. The molecule has 144 valence electrons. The predicted molar refractivity (Wildman–Crippen MR) is 103 cm³/mol. The smallest absolute Gasteiger partial charge is 0.282 e. The molecule has 0 aromatic heterocycles. The molecular formula is C21H17ClF2N2O2. The summed E-state index contributed by atoms with van der Waals surface area (Å²) in [7, 11) is 0. The van der Waals surface area contributed by atoms with Crippen LogP contribution in [-0.2, 0) is 9.59 Å². The van der Waals surface area contributed by atoms with Gasteiger partial charge in [-0.2, -0.15) is 0 Å². The van der Waals surface area contributed by atoms with Crippen LogP contribution in [0.1, 0.15) is 24.8 Å². The Labute approximate surface area is 166 Å². The lowest BCUT2D eigenvalue weighted by Crippen LogP contribution is -2.37.